The highest BCUT2D eigenvalue weighted by Gasteiger charge is 2.50. The van der Waals surface area contributed by atoms with Crippen molar-refractivity contribution in [2.75, 3.05) is 25.5 Å². The maximum Gasteiger partial charge on any atom is 0.312 e. The van der Waals surface area contributed by atoms with Crippen LogP contribution >= 0.6 is 0 Å². The van der Waals surface area contributed by atoms with E-state index in [9.17, 15) is 39.9 Å². The van der Waals surface area contributed by atoms with Crippen molar-refractivity contribution in [3.05, 3.63) is 52.8 Å². The third-order valence-electron chi connectivity index (χ3n) is 13.9. The lowest BCUT2D eigenvalue weighted by Gasteiger charge is -2.38. The number of nitrogens with zero attached hydrogens (tertiary/aromatic N) is 2. The Hall–Kier alpha value is -5.12. The fourth-order valence-corrected chi connectivity index (χ4v) is 9.39. The van der Waals surface area contributed by atoms with Crippen molar-refractivity contribution in [1.82, 2.24) is 5.01 Å². The highest BCUT2D eigenvalue weighted by Crippen LogP contribution is 2.55. The van der Waals surface area contributed by atoms with Crippen molar-refractivity contribution >= 4 is 40.3 Å². The summed E-state index contributed by atoms with van der Waals surface area (Å²) in [4.78, 5) is 41.2. The highest BCUT2D eigenvalue weighted by molar-refractivity contribution is 6.23. The molecule has 0 saturated heterocycles. The molecule has 0 fully saturated rings. The number of nitrogens with one attached hydrogen (secondary N) is 1. The van der Waals surface area contributed by atoms with Crippen LogP contribution in [-0.2, 0) is 23.8 Å². The lowest BCUT2D eigenvalue weighted by molar-refractivity contribution is -0.160. The number of esters is 1. The van der Waals surface area contributed by atoms with Gasteiger partial charge in [0.05, 0.1) is 53.0 Å². The number of carbonyl (C=O) groups excluding carboxylic acids is 3. The molecule has 2 aromatic carbocycles. The number of phenols is 3. The number of rotatable bonds is 18. The summed E-state index contributed by atoms with van der Waals surface area (Å²) in [6, 6.07) is 0. The van der Waals surface area contributed by atoms with Crippen molar-refractivity contribution in [2.24, 2.45) is 28.8 Å². The minimum absolute atomic E-state index is 0.0667. The molecule has 3 heterocycles. The summed E-state index contributed by atoms with van der Waals surface area (Å²) in [5.41, 5.74) is -0.259. The van der Waals surface area contributed by atoms with Gasteiger partial charge < -0.3 is 49.8 Å². The number of amides is 1. The number of Topliss-reactive ketones (excluding diaryl/α,β-unsaturated/α-hetero) is 1. The van der Waals surface area contributed by atoms with E-state index < -0.39 is 88.8 Å². The van der Waals surface area contributed by atoms with Gasteiger partial charge in [-0.05, 0) is 32.8 Å². The number of allylic oxidation sites excluding steroid dienone is 2. The smallest absolute Gasteiger partial charge is 0.312 e. The van der Waals surface area contributed by atoms with Crippen LogP contribution in [-0.4, -0.2) is 105 Å². The molecule has 6 N–H and O–H groups in total. The summed E-state index contributed by atoms with van der Waals surface area (Å²) in [6.07, 6.45) is 18.0. The minimum Gasteiger partial charge on any atom is -0.507 e. The Bertz CT molecular complexity index is 2190. The molecule has 1 amide bonds. The number of aliphatic hydroxyl groups excluding tert-OH is 2. The summed E-state index contributed by atoms with van der Waals surface area (Å²) in [6.45, 7) is 18.3. The van der Waals surface area contributed by atoms with E-state index in [0.717, 1.165) is 64.2 Å². The molecule has 5 bridgehead atoms. The van der Waals surface area contributed by atoms with Crippen LogP contribution in [0.5, 0.6) is 23.0 Å². The largest absolute Gasteiger partial charge is 0.507 e. The number of ether oxygens (including phenoxy) is 4. The first-order chi connectivity index (χ1) is 32.8. The van der Waals surface area contributed by atoms with Gasteiger partial charge in [0.2, 0.25) is 0 Å². The van der Waals surface area contributed by atoms with E-state index in [-0.39, 0.29) is 44.5 Å². The minimum atomic E-state index is -2.05. The predicted octanol–water partition coefficient (Wildman–Crippen LogP) is 10.1. The fourth-order valence-electron chi connectivity index (χ4n) is 9.39. The predicted molar refractivity (Wildman–Crippen MR) is 270 cm³/mol. The van der Waals surface area contributed by atoms with Crippen molar-refractivity contribution in [3.8, 4) is 23.0 Å². The molecule has 2 aromatic rings. The maximum absolute atomic E-state index is 14.7. The van der Waals surface area contributed by atoms with Crippen LogP contribution in [0.25, 0.3) is 10.8 Å². The number of carbonyl (C=O) groups is 3. The molecule has 15 heteroatoms. The van der Waals surface area contributed by atoms with Crippen molar-refractivity contribution < 1.29 is 58.9 Å². The molecule has 0 radical (unpaired) electrons. The van der Waals surface area contributed by atoms with Crippen molar-refractivity contribution in [3.63, 3.8) is 0 Å². The standard InChI is InChI=1S/C54H81N3O12/c1-12-14-16-18-20-22-28-57(29-23-21-19-17-15-13-2)55-31-39-44-49(63)42-41(48(39)62)43-51(37(8)47(42)61)69-54(10,52(43)64)67-30-27-40(66-11)34(5)50(68-38(9)58)36(7)46(60)35(6)45(59)32(3)25-24-26-33(4)53(65)56-44/h24-27,30-32,34-36,40,45-46,50,59-63H,12-23,28-29H2,1-11H3,(H,56,65)/t32-,34-,35+,36+,40-,45-,46+,50-,54-/m0/s1. The van der Waals surface area contributed by atoms with E-state index in [1.807, 2.05) is 5.01 Å². The normalized spacial score (nSPS) is 25.8. The number of hydrazone groups is 1. The molecular formula is C54H81N3O12. The quantitative estimate of drug-likeness (QED) is 0.0205. The van der Waals surface area contributed by atoms with E-state index in [1.54, 1.807) is 46.8 Å². The van der Waals surface area contributed by atoms with E-state index in [2.05, 4.69) is 19.2 Å². The number of hydrogen-bond donors (Lipinski definition) is 6. The molecular weight excluding hydrogens is 883 g/mol. The van der Waals surface area contributed by atoms with Crippen LogP contribution in [0.4, 0.5) is 5.69 Å². The van der Waals surface area contributed by atoms with Gasteiger partial charge in [-0.1, -0.05) is 124 Å². The average molecular weight is 964 g/mol. The molecule has 15 nitrogen and oxygen atoms in total. The zero-order valence-corrected chi connectivity index (χ0v) is 43.0. The second-order valence-corrected chi connectivity index (χ2v) is 19.4. The topological polar surface area (TPSA) is 217 Å². The number of aliphatic hydroxyl groups is 2. The van der Waals surface area contributed by atoms with Gasteiger partial charge in [-0.3, -0.25) is 19.4 Å². The van der Waals surface area contributed by atoms with Crippen molar-refractivity contribution in [2.45, 2.75) is 176 Å². The van der Waals surface area contributed by atoms with E-state index in [0.29, 0.717) is 13.1 Å². The fraction of sp³-hybridized carbons (Fsp3) is 0.630. The van der Waals surface area contributed by atoms with Gasteiger partial charge in [-0.2, -0.15) is 5.10 Å². The third-order valence-corrected chi connectivity index (χ3v) is 13.9. The lowest BCUT2D eigenvalue weighted by Crippen LogP contribution is -2.46. The van der Waals surface area contributed by atoms with Crippen LogP contribution in [0.3, 0.4) is 0 Å². The molecule has 384 valence electrons. The average Bonchev–Trinajstić information content (AvgIpc) is 3.58. The molecule has 0 saturated carbocycles. The summed E-state index contributed by atoms with van der Waals surface area (Å²) in [7, 11) is 1.45. The van der Waals surface area contributed by atoms with Gasteiger partial charge in [-0.25, -0.2) is 0 Å². The second-order valence-electron chi connectivity index (χ2n) is 19.4. The number of methoxy groups -OCH3 is 1. The van der Waals surface area contributed by atoms with Gasteiger partial charge in [0.1, 0.15) is 23.4 Å². The number of fused-ring (bicyclic) bond motifs is 14. The Morgan fingerprint density at radius 1 is 0.826 bits per heavy atom. The number of unbranched alkanes of at least 4 members (excludes halogenated alkanes) is 10. The maximum atomic E-state index is 14.7. The number of ketones is 1. The number of hydrogen-bond acceptors (Lipinski definition) is 14. The Labute approximate surface area is 409 Å². The zero-order chi connectivity index (χ0) is 51.2. The first kappa shape index (κ1) is 56.5. The van der Waals surface area contributed by atoms with Crippen LogP contribution in [0, 0.1) is 30.6 Å². The number of anilines is 1. The van der Waals surface area contributed by atoms with Crippen LogP contribution in [0.2, 0.25) is 0 Å². The summed E-state index contributed by atoms with van der Waals surface area (Å²) in [5.74, 6) is -8.26. The Morgan fingerprint density at radius 3 is 2.00 bits per heavy atom. The van der Waals surface area contributed by atoms with Gasteiger partial charge in [0, 0.05) is 74.2 Å². The van der Waals surface area contributed by atoms with Gasteiger partial charge >= 0.3 is 11.8 Å². The molecule has 9 atom stereocenters. The van der Waals surface area contributed by atoms with E-state index >= 15 is 0 Å². The van der Waals surface area contributed by atoms with E-state index in [4.69, 9.17) is 24.0 Å². The van der Waals surface area contributed by atoms with Gasteiger partial charge in [-0.15, -0.1) is 0 Å². The first-order valence-corrected chi connectivity index (χ1v) is 25.1. The number of benzene rings is 2. The van der Waals surface area contributed by atoms with Crippen LogP contribution in [0.15, 0.2) is 41.2 Å². The van der Waals surface area contributed by atoms with E-state index in [1.165, 1.54) is 65.4 Å². The summed E-state index contributed by atoms with van der Waals surface area (Å²) < 4.78 is 23.9. The zero-order valence-electron chi connectivity index (χ0n) is 43.0. The lowest BCUT2D eigenvalue weighted by atomic mass is 9.78. The molecule has 69 heavy (non-hydrogen) atoms. The Kier molecular flexibility index (Phi) is 21.4. The highest BCUT2D eigenvalue weighted by atomic mass is 16.7. The second kappa shape index (κ2) is 26.2. The molecule has 3 aliphatic heterocycles. The third kappa shape index (κ3) is 13.8. The van der Waals surface area contributed by atoms with Crippen molar-refractivity contribution in [1.29, 1.82) is 0 Å². The summed E-state index contributed by atoms with van der Waals surface area (Å²) in [5, 5.41) is 68.5. The van der Waals surface area contributed by atoms with Crippen LogP contribution in [0.1, 0.15) is 161 Å². The Balaban J connectivity index is 1.93. The van der Waals surface area contributed by atoms with Gasteiger partial charge in [0.15, 0.2) is 5.75 Å². The number of aromatic hydroxyl groups is 3. The first-order valence-electron chi connectivity index (χ1n) is 25.1. The molecule has 0 unspecified atom stereocenters. The SMILES string of the molecule is CCCCCCCCN(CCCCCCCC)N=Cc1c2c(O)c3c(O)c(C)c4c(c3c1O)C(=O)[C@@](C)(OC=C[C@H](OC)[C@H](C)[C@H](OC(C)=O)[C@H](C)[C@H](O)[C@H](C)[C@@H](O)[C@@H](C)C=CC=C(C)C(=O)N2)O4. The molecule has 3 aliphatic rings. The molecule has 0 aliphatic carbocycles. The van der Waals surface area contributed by atoms with Gasteiger partial charge in [0.25, 0.3) is 11.7 Å². The summed E-state index contributed by atoms with van der Waals surface area (Å²) >= 11 is 0. The molecule has 0 aromatic heterocycles. The molecule has 5 rings (SSSR count). The number of phenolic OH excluding ortho intramolecular Hbond substituents is 3. The van der Waals surface area contributed by atoms with Crippen LogP contribution < -0.4 is 10.1 Å². The monoisotopic (exact) mass is 964 g/mol. The Morgan fingerprint density at radius 2 is 1.42 bits per heavy atom. The molecule has 0 spiro atoms.